The van der Waals surface area contributed by atoms with Gasteiger partial charge in [-0.25, -0.2) is 0 Å². The Morgan fingerprint density at radius 2 is 2.19 bits per heavy atom. The van der Waals surface area contributed by atoms with E-state index in [1.54, 1.807) is 6.07 Å². The zero-order valence-corrected chi connectivity index (χ0v) is 10.0. The van der Waals surface area contributed by atoms with Crippen LogP contribution in [0.2, 0.25) is 0 Å². The van der Waals surface area contributed by atoms with E-state index in [0.29, 0.717) is 12.1 Å². The van der Waals surface area contributed by atoms with Crippen LogP contribution in [0.1, 0.15) is 17.3 Å². The number of nitrogens with two attached hydrogens (primary N) is 1. The second-order valence-corrected chi connectivity index (χ2v) is 4.13. The van der Waals surface area contributed by atoms with Crippen molar-refractivity contribution in [2.24, 2.45) is 5.73 Å². The number of rotatable bonds is 4. The molecule has 0 aliphatic rings. The normalized spacial score (nSPS) is 12.0. The highest BCUT2D eigenvalue weighted by molar-refractivity contribution is 5.95. The van der Waals surface area contributed by atoms with E-state index < -0.39 is 0 Å². The third-order valence-electron chi connectivity index (χ3n) is 2.21. The molecule has 88 valence electrons. The molecule has 0 heterocycles. The second-order valence-electron chi connectivity index (χ2n) is 4.13. The molecule has 1 aromatic carbocycles. The van der Waals surface area contributed by atoms with Crippen LogP contribution in [0, 0.1) is 0 Å². The van der Waals surface area contributed by atoms with E-state index in [1.807, 2.05) is 44.1 Å². The molecule has 3 N–H and O–H groups in total. The molecule has 4 heteroatoms. The van der Waals surface area contributed by atoms with Gasteiger partial charge in [-0.1, -0.05) is 6.07 Å². The molecule has 1 amide bonds. The van der Waals surface area contributed by atoms with Gasteiger partial charge in [-0.2, -0.15) is 0 Å². The van der Waals surface area contributed by atoms with Crippen LogP contribution in [0.4, 0.5) is 5.69 Å². The van der Waals surface area contributed by atoms with E-state index in [1.165, 1.54) is 0 Å². The topological polar surface area (TPSA) is 58.4 Å². The van der Waals surface area contributed by atoms with Gasteiger partial charge in [0.05, 0.1) is 0 Å². The van der Waals surface area contributed by atoms with Gasteiger partial charge >= 0.3 is 0 Å². The van der Waals surface area contributed by atoms with E-state index in [2.05, 4.69) is 5.32 Å². The van der Waals surface area contributed by atoms with Gasteiger partial charge in [-0.15, -0.1) is 0 Å². The number of benzene rings is 1. The van der Waals surface area contributed by atoms with Crippen molar-refractivity contribution < 1.29 is 4.79 Å². The summed E-state index contributed by atoms with van der Waals surface area (Å²) >= 11 is 0. The highest BCUT2D eigenvalue weighted by Gasteiger charge is 2.06. The van der Waals surface area contributed by atoms with Gasteiger partial charge in [0.15, 0.2) is 0 Å². The van der Waals surface area contributed by atoms with Crippen molar-refractivity contribution >= 4 is 11.6 Å². The van der Waals surface area contributed by atoms with Gasteiger partial charge in [-0.05, 0) is 25.1 Å². The Kier molecular flexibility index (Phi) is 4.31. The fourth-order valence-corrected chi connectivity index (χ4v) is 1.28. The molecule has 0 fully saturated rings. The first-order valence-electron chi connectivity index (χ1n) is 5.32. The molecule has 0 aromatic heterocycles. The number of nitrogens with one attached hydrogen (secondary N) is 1. The van der Waals surface area contributed by atoms with Gasteiger partial charge in [-0.3, -0.25) is 4.79 Å². The maximum Gasteiger partial charge on any atom is 0.251 e. The molecule has 0 aliphatic carbocycles. The molecule has 0 saturated carbocycles. The van der Waals surface area contributed by atoms with Gasteiger partial charge in [0.2, 0.25) is 0 Å². The van der Waals surface area contributed by atoms with Crippen molar-refractivity contribution in [3.63, 3.8) is 0 Å². The Bertz CT molecular complexity index is 361. The van der Waals surface area contributed by atoms with E-state index in [4.69, 9.17) is 5.73 Å². The molecule has 0 saturated heterocycles. The number of nitrogens with zero attached hydrogens (tertiary/aromatic N) is 1. The van der Waals surface area contributed by atoms with Gasteiger partial charge in [0, 0.05) is 37.9 Å². The van der Waals surface area contributed by atoms with Gasteiger partial charge in [0.1, 0.15) is 0 Å². The predicted octanol–water partition coefficient (Wildman–Crippen LogP) is 0.830. The summed E-state index contributed by atoms with van der Waals surface area (Å²) in [5.41, 5.74) is 7.24. The van der Waals surface area contributed by atoms with E-state index >= 15 is 0 Å². The summed E-state index contributed by atoms with van der Waals surface area (Å²) in [7, 11) is 3.89. The van der Waals surface area contributed by atoms with Crippen LogP contribution in [0.3, 0.4) is 0 Å². The van der Waals surface area contributed by atoms with Crippen molar-refractivity contribution in [3.8, 4) is 0 Å². The summed E-state index contributed by atoms with van der Waals surface area (Å²) in [5.74, 6) is -0.0824. The third kappa shape index (κ3) is 3.55. The molecule has 0 bridgehead atoms. The Hall–Kier alpha value is -1.55. The fourth-order valence-electron chi connectivity index (χ4n) is 1.28. The van der Waals surface area contributed by atoms with Crippen LogP contribution in [-0.4, -0.2) is 32.6 Å². The van der Waals surface area contributed by atoms with Crippen LogP contribution in [-0.2, 0) is 0 Å². The largest absolute Gasteiger partial charge is 0.378 e. The van der Waals surface area contributed by atoms with E-state index in [-0.39, 0.29) is 11.9 Å². The van der Waals surface area contributed by atoms with Crippen LogP contribution in [0.5, 0.6) is 0 Å². The molecule has 1 aromatic rings. The van der Waals surface area contributed by atoms with Crippen LogP contribution < -0.4 is 16.0 Å². The summed E-state index contributed by atoms with van der Waals surface area (Å²) in [4.78, 5) is 13.7. The van der Waals surface area contributed by atoms with Crippen molar-refractivity contribution in [2.45, 2.75) is 13.0 Å². The second kappa shape index (κ2) is 5.51. The number of carbonyl (C=O) groups is 1. The third-order valence-corrected chi connectivity index (χ3v) is 2.21. The Morgan fingerprint density at radius 1 is 1.50 bits per heavy atom. The van der Waals surface area contributed by atoms with Crippen LogP contribution in [0.25, 0.3) is 0 Å². The first-order chi connectivity index (χ1) is 7.50. The maximum atomic E-state index is 11.7. The minimum atomic E-state index is -0.0824. The summed E-state index contributed by atoms with van der Waals surface area (Å²) in [6, 6.07) is 7.46. The monoisotopic (exact) mass is 221 g/mol. The zero-order valence-electron chi connectivity index (χ0n) is 10.0. The van der Waals surface area contributed by atoms with E-state index in [9.17, 15) is 4.79 Å². The first-order valence-corrected chi connectivity index (χ1v) is 5.32. The lowest BCUT2D eigenvalue weighted by Gasteiger charge is -2.14. The average molecular weight is 221 g/mol. The molecule has 0 spiro atoms. The molecular weight excluding hydrogens is 202 g/mol. The Balaban J connectivity index is 2.72. The highest BCUT2D eigenvalue weighted by Crippen LogP contribution is 2.13. The lowest BCUT2D eigenvalue weighted by molar-refractivity contribution is 0.0952. The van der Waals surface area contributed by atoms with Crippen molar-refractivity contribution in [1.29, 1.82) is 0 Å². The Labute approximate surface area is 96.4 Å². The molecule has 16 heavy (non-hydrogen) atoms. The fraction of sp³-hybridized carbons (Fsp3) is 0.417. The summed E-state index contributed by atoms with van der Waals surface area (Å²) in [5, 5.41) is 2.78. The van der Waals surface area contributed by atoms with Crippen molar-refractivity contribution in [1.82, 2.24) is 5.32 Å². The minimum absolute atomic E-state index is 0.0269. The lowest BCUT2D eigenvalue weighted by atomic mass is 10.2. The number of anilines is 1. The number of amides is 1. The highest BCUT2D eigenvalue weighted by atomic mass is 16.1. The molecule has 4 nitrogen and oxygen atoms in total. The predicted molar refractivity (Wildman–Crippen MR) is 66.8 cm³/mol. The standard InChI is InChI=1S/C12H19N3O/c1-9(13)8-14-12(16)10-5-4-6-11(7-10)15(2)3/h4-7,9H,8,13H2,1-3H3,(H,14,16). The van der Waals surface area contributed by atoms with Crippen molar-refractivity contribution in [2.75, 3.05) is 25.5 Å². The van der Waals surface area contributed by atoms with Crippen LogP contribution in [0.15, 0.2) is 24.3 Å². The number of carbonyl (C=O) groups excluding carboxylic acids is 1. The number of hydrogen-bond acceptors (Lipinski definition) is 3. The summed E-state index contributed by atoms with van der Waals surface area (Å²) in [6.45, 7) is 2.35. The molecule has 0 radical (unpaired) electrons. The summed E-state index contributed by atoms with van der Waals surface area (Å²) < 4.78 is 0. The average Bonchev–Trinajstić information content (AvgIpc) is 2.26. The molecule has 1 rings (SSSR count). The first kappa shape index (κ1) is 12.5. The quantitative estimate of drug-likeness (QED) is 0.791. The smallest absolute Gasteiger partial charge is 0.251 e. The minimum Gasteiger partial charge on any atom is -0.378 e. The van der Waals surface area contributed by atoms with Gasteiger partial charge < -0.3 is 16.0 Å². The maximum absolute atomic E-state index is 11.7. The Morgan fingerprint density at radius 3 is 2.75 bits per heavy atom. The number of hydrogen-bond donors (Lipinski definition) is 2. The summed E-state index contributed by atoms with van der Waals surface area (Å²) in [6.07, 6.45) is 0. The van der Waals surface area contributed by atoms with Crippen molar-refractivity contribution in [3.05, 3.63) is 29.8 Å². The molecule has 1 unspecified atom stereocenters. The van der Waals surface area contributed by atoms with Crippen LogP contribution >= 0.6 is 0 Å². The van der Waals surface area contributed by atoms with E-state index in [0.717, 1.165) is 5.69 Å². The van der Waals surface area contributed by atoms with Gasteiger partial charge in [0.25, 0.3) is 5.91 Å². The molecule has 1 atom stereocenters. The molecule has 0 aliphatic heterocycles. The lowest BCUT2D eigenvalue weighted by Crippen LogP contribution is -2.35. The molecular formula is C12H19N3O. The SMILES string of the molecule is CC(N)CNC(=O)c1cccc(N(C)C)c1. The zero-order chi connectivity index (χ0) is 12.1.